The third-order valence-corrected chi connectivity index (χ3v) is 169. The van der Waals surface area contributed by atoms with Crippen LogP contribution in [0.1, 0.15) is 166 Å². The second-order valence-electron chi connectivity index (χ2n) is 24.7. The molecular formula is C37H85O2Si7. The van der Waals surface area contributed by atoms with Crippen LogP contribution in [0.2, 0.25) is 66.5 Å². The number of carbonyl (C=O) groups excluding carboxylic acids is 1. The molecule has 273 valence electrons. The van der Waals surface area contributed by atoms with Crippen molar-refractivity contribution in [2.75, 3.05) is 0 Å². The first-order valence-electron chi connectivity index (χ1n) is 18.4. The van der Waals surface area contributed by atoms with Gasteiger partial charge in [0, 0.05) is 0 Å². The molecule has 0 aliphatic carbocycles. The van der Waals surface area contributed by atoms with E-state index in [2.05, 4.69) is 192 Å². The summed E-state index contributed by atoms with van der Waals surface area (Å²) >= 11 is 0. The van der Waals surface area contributed by atoms with E-state index in [4.69, 9.17) is 0 Å². The van der Waals surface area contributed by atoms with Gasteiger partial charge in [-0.3, -0.25) is 0 Å². The van der Waals surface area contributed by atoms with Crippen molar-refractivity contribution in [2.24, 2.45) is 0 Å². The van der Waals surface area contributed by atoms with Gasteiger partial charge in [-0.1, -0.05) is 192 Å². The lowest BCUT2D eigenvalue weighted by Gasteiger charge is -2.85. The van der Waals surface area contributed by atoms with Crippen LogP contribution in [0.25, 0.3) is 0 Å². The summed E-state index contributed by atoms with van der Waals surface area (Å²) in [5, 5.41) is 0.692. The molecule has 1 saturated heterocycles. The van der Waals surface area contributed by atoms with Crippen LogP contribution in [-0.2, 0) is 0 Å². The highest BCUT2D eigenvalue weighted by atomic mass is 30.3. The summed E-state index contributed by atoms with van der Waals surface area (Å²) in [5.74, 6) is 0. The van der Waals surface area contributed by atoms with Crippen LogP contribution in [0, 0.1) is 0 Å². The number of hydrogen-bond donors (Lipinski definition) is 1. The molecule has 1 fully saturated rings. The lowest BCUT2D eigenvalue weighted by molar-refractivity contribution is 0.270. The van der Waals surface area contributed by atoms with E-state index in [1.54, 1.807) is 0 Å². The van der Waals surface area contributed by atoms with Gasteiger partial charge in [-0.15, -0.1) is 0 Å². The number of rotatable bonds is 4. The quantitative estimate of drug-likeness (QED) is 0.290. The van der Waals surface area contributed by atoms with Gasteiger partial charge in [0.15, 0.2) is 0 Å². The molecule has 1 atom stereocenters. The Kier molecular flexibility index (Phi) is 11.1. The Morgan fingerprint density at radius 1 is 0.413 bits per heavy atom. The highest BCUT2D eigenvalue weighted by Gasteiger charge is 2.98. The fraction of sp³-hybridized carbons (Fsp3) is 0.973. The Bertz CT molecular complexity index is 1070. The molecule has 2 nitrogen and oxygen atoms in total. The van der Waals surface area contributed by atoms with Gasteiger partial charge >= 0.3 is 0 Å². The van der Waals surface area contributed by atoms with Crippen molar-refractivity contribution in [3.63, 3.8) is 0 Å². The van der Waals surface area contributed by atoms with Crippen LogP contribution >= 0.6 is 0 Å². The van der Waals surface area contributed by atoms with Gasteiger partial charge in [-0.2, -0.15) is 0 Å². The second-order valence-corrected chi connectivity index (χ2v) is 91.1. The molecule has 0 bridgehead atoms. The van der Waals surface area contributed by atoms with E-state index in [-0.39, 0.29) is 40.3 Å². The van der Waals surface area contributed by atoms with Crippen molar-refractivity contribution >= 4 is 56.7 Å². The standard InChI is InChI=1S/C37H85O2Si7/c1-30(2,3)41(25,31(4,5)6)40-29(38)45(39,42(26,32(7,8)9)33(10,11)12)46(40,43(27,34(13,14)15)35(16,17)18)44(28,36(19,20)21)37(22,23)24/h39H,1-28H3. The van der Waals surface area contributed by atoms with E-state index in [1.807, 2.05) is 0 Å². The molecule has 0 saturated carbocycles. The number of carbonyl (C=O) groups is 1. The minimum atomic E-state index is -3.60. The average molecular weight is 759 g/mol. The van der Waals surface area contributed by atoms with E-state index >= 15 is 9.59 Å². The molecule has 1 radical (unpaired) electrons. The second kappa shape index (κ2) is 11.3. The molecule has 0 spiro atoms. The van der Waals surface area contributed by atoms with Crippen molar-refractivity contribution in [1.29, 1.82) is 0 Å². The van der Waals surface area contributed by atoms with Gasteiger partial charge < -0.3 is 9.59 Å². The maximum atomic E-state index is 16.6. The van der Waals surface area contributed by atoms with Crippen LogP contribution in [0.5, 0.6) is 0 Å². The van der Waals surface area contributed by atoms with Gasteiger partial charge in [0.1, 0.15) is 12.9 Å². The Hall–Kier alpha value is 1.15. The minimum absolute atomic E-state index is 0.0516. The SMILES string of the molecule is CC(C)(C)[Si](C)([Si]1C(=O)[Si](O)([Si](C)(C(C)(C)C)C(C)(C)C)[Si]1([Si](C)(C(C)(C)C)C(C)(C)C)[Si](C)(C(C)(C)C)C(C)(C)C)C(C)(C)C. The monoisotopic (exact) mass is 757 g/mol. The van der Waals surface area contributed by atoms with Crippen molar-refractivity contribution in [3.05, 3.63) is 0 Å². The first-order valence-corrected chi connectivity index (χ1v) is 39.9. The third kappa shape index (κ3) is 5.12. The maximum absolute atomic E-state index is 16.6. The van der Waals surface area contributed by atoms with Crippen LogP contribution in [0.3, 0.4) is 0 Å². The smallest absolute Gasteiger partial charge is 0.221 e. The molecule has 1 aliphatic heterocycles. The summed E-state index contributed by atoms with van der Waals surface area (Å²) in [5.41, 5.74) is 0. The molecule has 1 rings (SSSR count). The molecule has 0 aromatic carbocycles. The lowest BCUT2D eigenvalue weighted by Crippen LogP contribution is -3.16. The predicted molar refractivity (Wildman–Crippen MR) is 229 cm³/mol. The Morgan fingerprint density at radius 2 is 0.609 bits per heavy atom. The van der Waals surface area contributed by atoms with Crippen molar-refractivity contribution in [2.45, 2.75) is 233 Å². The zero-order valence-electron chi connectivity index (χ0n) is 36.9. The predicted octanol–water partition coefficient (Wildman–Crippen LogP) is 13.4. The van der Waals surface area contributed by atoms with Gasteiger partial charge in [0.2, 0.25) is 7.35 Å². The third-order valence-electron chi connectivity index (χ3n) is 16.2. The molecule has 0 aromatic rings. The average Bonchev–Trinajstić information content (AvgIpc) is 2.73. The Balaban J connectivity index is 5.50. The summed E-state index contributed by atoms with van der Waals surface area (Å²) in [7, 11) is -15.5. The zero-order valence-corrected chi connectivity index (χ0v) is 43.9. The van der Waals surface area contributed by atoms with Crippen molar-refractivity contribution < 1.29 is 9.59 Å². The molecule has 1 heterocycles. The Labute approximate surface area is 297 Å². The molecular weight excluding hydrogens is 673 g/mol. The molecule has 9 heteroatoms. The fourth-order valence-corrected chi connectivity index (χ4v) is 288. The first kappa shape index (κ1) is 45.2. The van der Waals surface area contributed by atoms with Gasteiger partial charge in [-0.05, 0) is 40.3 Å². The van der Waals surface area contributed by atoms with Gasteiger partial charge in [0.25, 0.3) is 0 Å². The number of hydrogen-bond acceptors (Lipinski definition) is 2. The lowest BCUT2D eigenvalue weighted by atomic mass is 10.2. The largest absolute Gasteiger partial charge is 0.431 e. The molecule has 1 unspecified atom stereocenters. The highest BCUT2D eigenvalue weighted by Crippen LogP contribution is 2.75. The molecule has 1 aliphatic rings. The van der Waals surface area contributed by atoms with Crippen LogP contribution in [-0.4, -0.2) is 61.5 Å². The van der Waals surface area contributed by atoms with Crippen LogP contribution < -0.4 is 0 Å². The summed E-state index contributed by atoms with van der Waals surface area (Å²) in [6.45, 7) is 71.6. The van der Waals surface area contributed by atoms with Gasteiger partial charge in [0.05, 0.1) is 36.5 Å². The van der Waals surface area contributed by atoms with Gasteiger partial charge in [-0.25, -0.2) is 0 Å². The fourth-order valence-electron chi connectivity index (χ4n) is 12.2. The zero-order chi connectivity index (χ0) is 38.2. The van der Waals surface area contributed by atoms with E-state index < -0.39 is 51.7 Å². The van der Waals surface area contributed by atoms with Crippen molar-refractivity contribution in [1.82, 2.24) is 0 Å². The first-order chi connectivity index (χ1) is 19.3. The normalized spacial score (nSPS) is 22.7. The summed E-state index contributed by atoms with van der Waals surface area (Å²) in [6.07, 6.45) is -2.90. The van der Waals surface area contributed by atoms with E-state index in [0.717, 1.165) is 0 Å². The minimum Gasteiger partial charge on any atom is -0.431 e. The summed E-state index contributed by atoms with van der Waals surface area (Å²) in [6, 6.07) is 0. The molecule has 0 aromatic heterocycles. The summed E-state index contributed by atoms with van der Waals surface area (Å²) < 4.78 is 0. The maximum Gasteiger partial charge on any atom is 0.221 e. The van der Waals surface area contributed by atoms with Crippen LogP contribution in [0.15, 0.2) is 0 Å². The van der Waals surface area contributed by atoms with Crippen LogP contribution in [0.4, 0.5) is 4.79 Å². The molecule has 0 amide bonds. The molecule has 1 N–H and O–H groups in total. The highest BCUT2D eigenvalue weighted by molar-refractivity contribution is 8.29. The van der Waals surface area contributed by atoms with E-state index in [1.165, 1.54) is 0 Å². The Morgan fingerprint density at radius 3 is 0.761 bits per heavy atom. The summed E-state index contributed by atoms with van der Waals surface area (Å²) in [4.78, 5) is 31.8. The van der Waals surface area contributed by atoms with Crippen molar-refractivity contribution in [3.8, 4) is 0 Å². The van der Waals surface area contributed by atoms with E-state index in [9.17, 15) is 0 Å². The topological polar surface area (TPSA) is 37.3 Å². The molecule has 46 heavy (non-hydrogen) atoms. The van der Waals surface area contributed by atoms with E-state index in [0.29, 0.717) is 5.03 Å².